The maximum absolute atomic E-state index is 13.0. The Morgan fingerprint density at radius 1 is 1.17 bits per heavy atom. The summed E-state index contributed by atoms with van der Waals surface area (Å²) in [5, 5.41) is 6.98. The zero-order valence-electron chi connectivity index (χ0n) is 15.9. The van der Waals surface area contributed by atoms with E-state index in [9.17, 15) is 14.4 Å². The number of nitrogens with one attached hydrogen (secondary N) is 2. The Morgan fingerprint density at radius 2 is 1.86 bits per heavy atom. The Kier molecular flexibility index (Phi) is 5.98. The molecule has 0 unspecified atom stereocenters. The zero-order valence-corrected chi connectivity index (χ0v) is 15.9. The number of carbonyl (C=O) groups excluding carboxylic acids is 2. The van der Waals surface area contributed by atoms with Crippen LogP contribution in [0.4, 0.5) is 0 Å². The fourth-order valence-corrected chi connectivity index (χ4v) is 2.72. The highest BCUT2D eigenvalue weighted by Gasteiger charge is 2.20. The minimum Gasteiger partial charge on any atom is -0.469 e. The van der Waals surface area contributed by atoms with Gasteiger partial charge in [0.05, 0.1) is 36.2 Å². The number of amides is 1. The van der Waals surface area contributed by atoms with E-state index in [0.29, 0.717) is 16.9 Å². The average Bonchev–Trinajstić information content (AvgIpc) is 3.08. The van der Waals surface area contributed by atoms with Gasteiger partial charge in [-0.3, -0.25) is 24.5 Å². The number of para-hydroxylation sites is 1. The molecular formula is C20H19N5O4. The fourth-order valence-electron chi connectivity index (χ4n) is 2.72. The van der Waals surface area contributed by atoms with Crippen LogP contribution < -0.4 is 11.0 Å². The van der Waals surface area contributed by atoms with Crippen molar-refractivity contribution < 1.29 is 14.3 Å². The minimum absolute atomic E-state index is 0.147. The third-order valence-corrected chi connectivity index (χ3v) is 4.16. The molecule has 0 atom stereocenters. The first-order chi connectivity index (χ1) is 14.0. The van der Waals surface area contributed by atoms with Gasteiger partial charge in [0.1, 0.15) is 0 Å². The summed E-state index contributed by atoms with van der Waals surface area (Å²) >= 11 is 0. The van der Waals surface area contributed by atoms with Gasteiger partial charge in [-0.05, 0) is 31.2 Å². The lowest BCUT2D eigenvalue weighted by Gasteiger charge is -2.03. The maximum atomic E-state index is 13.0. The summed E-state index contributed by atoms with van der Waals surface area (Å²) in [5.41, 5.74) is 3.77. The van der Waals surface area contributed by atoms with Crippen LogP contribution in [-0.4, -0.2) is 39.5 Å². The largest absolute Gasteiger partial charge is 0.469 e. The number of nitrogens with zero attached hydrogens (tertiary/aromatic N) is 3. The lowest BCUT2D eigenvalue weighted by Crippen LogP contribution is -2.23. The maximum Gasteiger partial charge on any atom is 0.311 e. The van der Waals surface area contributed by atoms with E-state index in [1.54, 1.807) is 43.3 Å². The predicted octanol–water partition coefficient (Wildman–Crippen LogP) is 1.43. The number of hydrogen-bond donors (Lipinski definition) is 2. The van der Waals surface area contributed by atoms with Crippen molar-refractivity contribution >= 4 is 17.6 Å². The monoisotopic (exact) mass is 393 g/mol. The summed E-state index contributed by atoms with van der Waals surface area (Å²) < 4.78 is 6.03. The molecule has 0 radical (unpaired) electrons. The van der Waals surface area contributed by atoms with Crippen LogP contribution in [0.25, 0.3) is 5.69 Å². The molecule has 0 saturated carbocycles. The minimum atomic E-state index is -0.513. The van der Waals surface area contributed by atoms with E-state index in [0.717, 1.165) is 0 Å². The highest BCUT2D eigenvalue weighted by molar-refractivity contribution is 6.02. The predicted molar refractivity (Wildman–Crippen MR) is 106 cm³/mol. The van der Waals surface area contributed by atoms with Crippen molar-refractivity contribution in [2.24, 2.45) is 5.10 Å². The quantitative estimate of drug-likeness (QED) is 0.373. The molecule has 2 heterocycles. The van der Waals surface area contributed by atoms with E-state index in [1.165, 1.54) is 24.2 Å². The second kappa shape index (κ2) is 8.79. The summed E-state index contributed by atoms with van der Waals surface area (Å²) in [5.74, 6) is -0.957. The van der Waals surface area contributed by atoms with Crippen LogP contribution in [0.15, 0.2) is 64.8 Å². The number of pyridine rings is 1. The Bertz CT molecular complexity index is 1100. The third-order valence-electron chi connectivity index (χ3n) is 4.16. The Hall–Kier alpha value is -4.01. The molecule has 0 saturated heterocycles. The van der Waals surface area contributed by atoms with Gasteiger partial charge in [0.25, 0.3) is 11.5 Å². The lowest BCUT2D eigenvalue weighted by molar-refractivity contribution is -0.139. The van der Waals surface area contributed by atoms with Crippen LogP contribution in [0.3, 0.4) is 0 Å². The highest BCUT2D eigenvalue weighted by Crippen LogP contribution is 2.10. The number of rotatable bonds is 6. The second-order valence-electron chi connectivity index (χ2n) is 6.07. The molecule has 3 rings (SSSR count). The summed E-state index contributed by atoms with van der Waals surface area (Å²) in [6, 6.07) is 12.0. The summed E-state index contributed by atoms with van der Waals surface area (Å²) in [6.07, 6.45) is 2.83. The van der Waals surface area contributed by atoms with Crippen molar-refractivity contribution in [2.45, 2.75) is 13.3 Å². The number of benzene rings is 1. The van der Waals surface area contributed by atoms with Crippen LogP contribution in [0, 0.1) is 0 Å². The smallest absolute Gasteiger partial charge is 0.311 e. The van der Waals surface area contributed by atoms with Gasteiger partial charge in [-0.2, -0.15) is 5.10 Å². The van der Waals surface area contributed by atoms with E-state index in [2.05, 4.69) is 20.6 Å². The van der Waals surface area contributed by atoms with Crippen molar-refractivity contribution in [1.29, 1.82) is 0 Å². The fraction of sp³-hybridized carbons (Fsp3) is 0.150. The summed E-state index contributed by atoms with van der Waals surface area (Å²) in [4.78, 5) is 40.8. The van der Waals surface area contributed by atoms with Crippen LogP contribution in [0.5, 0.6) is 0 Å². The zero-order chi connectivity index (χ0) is 20.8. The molecule has 2 aromatic heterocycles. The molecule has 1 aromatic carbocycles. The number of esters is 1. The van der Waals surface area contributed by atoms with E-state index in [4.69, 9.17) is 4.74 Å². The van der Waals surface area contributed by atoms with Crippen molar-refractivity contribution in [3.8, 4) is 5.69 Å². The van der Waals surface area contributed by atoms with E-state index in [-0.39, 0.29) is 17.7 Å². The molecule has 0 aliphatic carbocycles. The van der Waals surface area contributed by atoms with Gasteiger partial charge in [0, 0.05) is 18.0 Å². The number of hydrazone groups is 1. The molecule has 3 aromatic rings. The Morgan fingerprint density at radius 3 is 2.52 bits per heavy atom. The molecule has 0 aliphatic heterocycles. The van der Waals surface area contributed by atoms with Gasteiger partial charge < -0.3 is 4.74 Å². The molecule has 9 heteroatoms. The summed E-state index contributed by atoms with van der Waals surface area (Å²) in [6.45, 7) is 1.58. The first-order valence-electron chi connectivity index (χ1n) is 8.72. The molecule has 2 N–H and O–H groups in total. The van der Waals surface area contributed by atoms with Crippen molar-refractivity contribution in [3.63, 3.8) is 0 Å². The number of ether oxygens (including phenoxy) is 1. The van der Waals surface area contributed by atoms with Gasteiger partial charge in [0.15, 0.2) is 0 Å². The van der Waals surface area contributed by atoms with E-state index >= 15 is 0 Å². The lowest BCUT2D eigenvalue weighted by atomic mass is 10.1. The van der Waals surface area contributed by atoms with Crippen molar-refractivity contribution in [1.82, 2.24) is 20.2 Å². The first kappa shape index (κ1) is 19.7. The third kappa shape index (κ3) is 4.46. The number of H-pyrrole nitrogens is 1. The Labute approximate surface area is 166 Å². The van der Waals surface area contributed by atoms with Crippen LogP contribution in [0.2, 0.25) is 0 Å². The van der Waals surface area contributed by atoms with Crippen LogP contribution in [-0.2, 0) is 16.0 Å². The topological polar surface area (TPSA) is 118 Å². The Balaban J connectivity index is 1.97. The molecule has 148 valence electrons. The number of carbonyl (C=O) groups is 2. The molecule has 1 amide bonds. The van der Waals surface area contributed by atoms with Gasteiger partial charge in [0.2, 0.25) is 0 Å². The SMILES string of the molecule is COC(=O)Cc1[nH]n(-c2ccccc2)c(=O)c1C(C)=NNC(=O)c1ccncc1. The first-order valence-corrected chi connectivity index (χ1v) is 8.72. The van der Waals surface area contributed by atoms with Gasteiger partial charge in [-0.25, -0.2) is 10.1 Å². The van der Waals surface area contributed by atoms with Gasteiger partial charge in [-0.15, -0.1) is 0 Å². The summed E-state index contributed by atoms with van der Waals surface area (Å²) in [7, 11) is 1.27. The molecule has 0 spiro atoms. The molecule has 29 heavy (non-hydrogen) atoms. The molecule has 9 nitrogen and oxygen atoms in total. The second-order valence-corrected chi connectivity index (χ2v) is 6.07. The molecule has 0 aliphatic rings. The normalized spacial score (nSPS) is 11.2. The van der Waals surface area contributed by atoms with E-state index < -0.39 is 17.4 Å². The van der Waals surface area contributed by atoms with Crippen molar-refractivity contribution in [3.05, 3.63) is 82.0 Å². The molecule has 0 bridgehead atoms. The number of hydrogen-bond acceptors (Lipinski definition) is 6. The number of aromatic nitrogens is 3. The number of methoxy groups -OCH3 is 1. The number of aromatic amines is 1. The highest BCUT2D eigenvalue weighted by atomic mass is 16.5. The molecule has 0 fully saturated rings. The van der Waals surface area contributed by atoms with Crippen LogP contribution >= 0.6 is 0 Å². The molecular weight excluding hydrogens is 374 g/mol. The van der Waals surface area contributed by atoms with Gasteiger partial charge >= 0.3 is 5.97 Å². The standard InChI is InChI=1S/C20H19N5O4/c1-13(22-23-19(27)14-8-10-21-11-9-14)18-16(12-17(26)29-2)24-25(20(18)28)15-6-4-3-5-7-15/h3-11,24H,12H2,1-2H3,(H,23,27). The van der Waals surface area contributed by atoms with Crippen molar-refractivity contribution in [2.75, 3.05) is 7.11 Å². The average molecular weight is 393 g/mol. The van der Waals surface area contributed by atoms with Crippen LogP contribution in [0.1, 0.15) is 28.5 Å². The van der Waals surface area contributed by atoms with Gasteiger partial charge in [-0.1, -0.05) is 18.2 Å². The van der Waals surface area contributed by atoms with E-state index in [1.807, 2.05) is 6.07 Å².